The highest BCUT2D eigenvalue weighted by molar-refractivity contribution is 6.03. The Morgan fingerprint density at radius 1 is 1.18 bits per heavy atom. The average Bonchev–Trinajstić information content (AvgIpc) is 3.34. The molecular formula is C19H19F3N2O4. The highest BCUT2D eigenvalue weighted by Crippen LogP contribution is 2.37. The largest absolute Gasteiger partial charge is 0.456 e. The summed E-state index contributed by atoms with van der Waals surface area (Å²) < 4.78 is 50.9. The molecule has 0 saturated carbocycles. The first-order chi connectivity index (χ1) is 13.3. The van der Waals surface area contributed by atoms with E-state index in [9.17, 15) is 22.8 Å². The molecule has 6 nitrogen and oxygen atoms in total. The van der Waals surface area contributed by atoms with Gasteiger partial charge in [-0.25, -0.2) is 0 Å². The minimum Gasteiger partial charge on any atom is -0.456 e. The van der Waals surface area contributed by atoms with Crippen molar-refractivity contribution in [2.75, 3.05) is 17.2 Å². The Hall–Kier alpha value is -2.81. The number of nitrogens with one attached hydrogen (secondary N) is 2. The van der Waals surface area contributed by atoms with Crippen molar-refractivity contribution in [1.29, 1.82) is 0 Å². The monoisotopic (exact) mass is 396 g/mol. The fourth-order valence-electron chi connectivity index (χ4n) is 2.85. The number of furan rings is 1. The number of anilines is 2. The Labute approximate surface area is 159 Å². The zero-order chi connectivity index (χ0) is 20.3. The molecule has 0 bridgehead atoms. The van der Waals surface area contributed by atoms with Crippen molar-refractivity contribution in [3.63, 3.8) is 0 Å². The molecule has 0 spiro atoms. The van der Waals surface area contributed by atoms with Gasteiger partial charge in [0.05, 0.1) is 11.3 Å². The fraction of sp³-hybridized carbons (Fsp3) is 0.368. The van der Waals surface area contributed by atoms with Gasteiger partial charge in [-0.1, -0.05) is 6.92 Å². The van der Waals surface area contributed by atoms with Crippen molar-refractivity contribution >= 4 is 23.2 Å². The van der Waals surface area contributed by atoms with Crippen molar-refractivity contribution in [3.8, 4) is 0 Å². The van der Waals surface area contributed by atoms with Crippen LogP contribution in [-0.2, 0) is 22.1 Å². The second-order valence-electron chi connectivity index (χ2n) is 6.32. The maximum atomic E-state index is 13.5. The zero-order valence-electron chi connectivity index (χ0n) is 15.1. The van der Waals surface area contributed by atoms with Gasteiger partial charge in [0.2, 0.25) is 0 Å². The number of halogens is 3. The lowest BCUT2D eigenvalue weighted by Gasteiger charge is -2.16. The van der Waals surface area contributed by atoms with Gasteiger partial charge < -0.3 is 19.8 Å². The van der Waals surface area contributed by atoms with E-state index in [2.05, 4.69) is 10.6 Å². The molecule has 2 N–H and O–H groups in total. The summed E-state index contributed by atoms with van der Waals surface area (Å²) in [5, 5.41) is 4.64. The van der Waals surface area contributed by atoms with Crippen LogP contribution in [0.1, 0.15) is 41.6 Å². The summed E-state index contributed by atoms with van der Waals surface area (Å²) in [6, 6.07) is 6.15. The van der Waals surface area contributed by atoms with E-state index in [1.165, 1.54) is 12.1 Å². The summed E-state index contributed by atoms with van der Waals surface area (Å²) in [6.07, 6.45) is -3.59. The summed E-state index contributed by atoms with van der Waals surface area (Å²) in [4.78, 5) is 24.3. The average molecular weight is 396 g/mol. The maximum absolute atomic E-state index is 13.5. The predicted molar refractivity (Wildman–Crippen MR) is 95.1 cm³/mol. The number of benzene rings is 1. The van der Waals surface area contributed by atoms with Crippen LogP contribution in [-0.4, -0.2) is 24.5 Å². The third-order valence-electron chi connectivity index (χ3n) is 4.30. The van der Waals surface area contributed by atoms with Gasteiger partial charge in [0, 0.05) is 18.7 Å². The normalized spacial score (nSPS) is 16.8. The number of carbonyl (C=O) groups excluding carboxylic acids is 2. The lowest BCUT2D eigenvalue weighted by molar-refractivity contribution is -0.137. The van der Waals surface area contributed by atoms with E-state index < -0.39 is 35.3 Å². The standard InChI is InChI=1S/C19H19F3N2O4/c1-2-12-6-8-16(28-12)18(26)24-14-7-5-11(10-13(14)19(20,21)22)23-17(25)15-4-3-9-27-15/h5-8,10,15H,2-4,9H2,1H3,(H,23,25)(H,24,26). The van der Waals surface area contributed by atoms with Crippen LogP contribution in [0.4, 0.5) is 24.5 Å². The second kappa shape index (κ2) is 8.05. The Morgan fingerprint density at radius 2 is 1.96 bits per heavy atom. The van der Waals surface area contributed by atoms with Crippen LogP contribution in [0.5, 0.6) is 0 Å². The Kier molecular flexibility index (Phi) is 5.73. The first-order valence-corrected chi connectivity index (χ1v) is 8.81. The number of aryl methyl sites for hydroxylation is 1. The smallest absolute Gasteiger partial charge is 0.418 e. The molecule has 1 aromatic heterocycles. The van der Waals surface area contributed by atoms with E-state index in [1.54, 1.807) is 6.07 Å². The van der Waals surface area contributed by atoms with Crippen LogP contribution in [0.25, 0.3) is 0 Å². The molecule has 1 aliphatic heterocycles. The summed E-state index contributed by atoms with van der Waals surface area (Å²) in [7, 11) is 0. The summed E-state index contributed by atoms with van der Waals surface area (Å²) >= 11 is 0. The number of ether oxygens (including phenoxy) is 1. The van der Waals surface area contributed by atoms with Crippen molar-refractivity contribution in [3.05, 3.63) is 47.4 Å². The highest BCUT2D eigenvalue weighted by Gasteiger charge is 2.35. The van der Waals surface area contributed by atoms with Gasteiger partial charge in [0.1, 0.15) is 11.9 Å². The van der Waals surface area contributed by atoms with Gasteiger partial charge in [-0.2, -0.15) is 13.2 Å². The highest BCUT2D eigenvalue weighted by atomic mass is 19.4. The molecule has 3 rings (SSSR count). The van der Waals surface area contributed by atoms with Gasteiger partial charge in [-0.3, -0.25) is 9.59 Å². The van der Waals surface area contributed by atoms with Crippen LogP contribution in [0, 0.1) is 0 Å². The van der Waals surface area contributed by atoms with Crippen LogP contribution in [0.2, 0.25) is 0 Å². The number of carbonyl (C=O) groups is 2. The minimum absolute atomic E-state index is 0.0305. The van der Waals surface area contributed by atoms with Crippen LogP contribution >= 0.6 is 0 Å². The number of hydrogen-bond acceptors (Lipinski definition) is 4. The molecule has 1 atom stereocenters. The Morgan fingerprint density at radius 3 is 2.57 bits per heavy atom. The minimum atomic E-state index is -4.73. The molecule has 1 saturated heterocycles. The second-order valence-corrected chi connectivity index (χ2v) is 6.32. The van der Waals surface area contributed by atoms with Gasteiger partial charge in [-0.05, 0) is 43.2 Å². The van der Waals surface area contributed by atoms with Crippen molar-refractivity contribution in [2.24, 2.45) is 0 Å². The lowest BCUT2D eigenvalue weighted by Crippen LogP contribution is -2.27. The first kappa shape index (κ1) is 19.9. The topological polar surface area (TPSA) is 80.6 Å². The van der Waals surface area contributed by atoms with Crippen LogP contribution in [0.15, 0.2) is 34.7 Å². The van der Waals surface area contributed by atoms with E-state index in [-0.39, 0.29) is 11.4 Å². The molecule has 1 aromatic carbocycles. The molecule has 0 radical (unpaired) electrons. The molecule has 1 unspecified atom stereocenters. The maximum Gasteiger partial charge on any atom is 0.418 e. The molecule has 2 amide bonds. The Balaban J connectivity index is 1.80. The molecule has 0 aliphatic carbocycles. The predicted octanol–water partition coefficient (Wildman–Crippen LogP) is 4.23. The van der Waals surface area contributed by atoms with Gasteiger partial charge >= 0.3 is 6.18 Å². The molecule has 1 aliphatic rings. The molecule has 1 fully saturated rings. The van der Waals surface area contributed by atoms with Gasteiger partial charge in [0.25, 0.3) is 11.8 Å². The fourth-order valence-corrected chi connectivity index (χ4v) is 2.85. The zero-order valence-corrected chi connectivity index (χ0v) is 15.1. The van der Waals surface area contributed by atoms with E-state index in [0.29, 0.717) is 25.2 Å². The summed E-state index contributed by atoms with van der Waals surface area (Å²) in [5.41, 5.74) is -1.53. The molecule has 28 heavy (non-hydrogen) atoms. The third kappa shape index (κ3) is 4.53. The number of rotatable bonds is 5. The summed E-state index contributed by atoms with van der Waals surface area (Å²) in [5.74, 6) is -0.819. The Bertz CT molecular complexity index is 870. The molecule has 2 heterocycles. The molecule has 2 aromatic rings. The third-order valence-corrected chi connectivity index (χ3v) is 4.30. The van der Waals surface area contributed by atoms with Crippen molar-refractivity contribution in [2.45, 2.75) is 38.5 Å². The van der Waals surface area contributed by atoms with E-state index in [1.807, 2.05) is 6.92 Å². The molecule has 150 valence electrons. The van der Waals surface area contributed by atoms with E-state index in [0.717, 1.165) is 18.6 Å². The SMILES string of the molecule is CCc1ccc(C(=O)Nc2ccc(NC(=O)C3CCCO3)cc2C(F)(F)F)o1. The van der Waals surface area contributed by atoms with E-state index >= 15 is 0 Å². The van der Waals surface area contributed by atoms with Crippen molar-refractivity contribution in [1.82, 2.24) is 0 Å². The number of alkyl halides is 3. The summed E-state index contributed by atoms with van der Waals surface area (Å²) in [6.45, 7) is 2.27. The number of amides is 2. The van der Waals surface area contributed by atoms with Crippen molar-refractivity contribution < 1.29 is 31.9 Å². The van der Waals surface area contributed by atoms with Crippen LogP contribution in [0.3, 0.4) is 0 Å². The first-order valence-electron chi connectivity index (χ1n) is 8.81. The lowest BCUT2D eigenvalue weighted by atomic mass is 10.1. The van der Waals surface area contributed by atoms with Gasteiger partial charge in [-0.15, -0.1) is 0 Å². The van der Waals surface area contributed by atoms with Crippen LogP contribution < -0.4 is 10.6 Å². The quantitative estimate of drug-likeness (QED) is 0.793. The number of hydrogen-bond donors (Lipinski definition) is 2. The van der Waals surface area contributed by atoms with E-state index in [4.69, 9.17) is 9.15 Å². The van der Waals surface area contributed by atoms with Gasteiger partial charge in [0.15, 0.2) is 5.76 Å². The molecule has 9 heteroatoms. The molecular weight excluding hydrogens is 377 g/mol.